The number of hydrogen-bond acceptors (Lipinski definition) is 9. The van der Waals surface area contributed by atoms with Crippen LogP contribution < -0.4 is 15.7 Å². The number of carbonyl (C=O) groups excluding carboxylic acids is 2. The number of aromatic nitrogens is 2. The van der Waals surface area contributed by atoms with Crippen LogP contribution in [0, 0.1) is 5.92 Å². The van der Waals surface area contributed by atoms with Gasteiger partial charge in [-0.2, -0.15) is 0 Å². The number of carbonyl (C=O) groups is 2. The number of piperidine rings is 1. The van der Waals surface area contributed by atoms with E-state index in [4.69, 9.17) is 14.7 Å². The Balaban J connectivity index is 1.48. The third-order valence-electron chi connectivity index (χ3n) is 6.10. The van der Waals surface area contributed by atoms with E-state index in [9.17, 15) is 9.59 Å². The van der Waals surface area contributed by atoms with Crippen molar-refractivity contribution in [3.05, 3.63) is 18.0 Å². The molecule has 0 spiro atoms. The Morgan fingerprint density at radius 2 is 1.79 bits per heavy atom. The van der Waals surface area contributed by atoms with Crippen molar-refractivity contribution in [1.82, 2.24) is 20.8 Å². The third kappa shape index (κ3) is 7.90. The van der Waals surface area contributed by atoms with Crippen LogP contribution in [0.5, 0.6) is 0 Å². The molecule has 3 N–H and O–H groups in total. The van der Waals surface area contributed by atoms with Gasteiger partial charge in [0.05, 0.1) is 17.8 Å². The second-order valence-corrected chi connectivity index (χ2v) is 9.87. The number of anilines is 1. The summed E-state index contributed by atoms with van der Waals surface area (Å²) < 4.78 is 11.6. The number of nitrogens with one attached hydrogen (secondary N) is 2. The summed E-state index contributed by atoms with van der Waals surface area (Å²) >= 11 is 0. The number of esters is 1. The largest absolute Gasteiger partial charge is 0.461 e. The lowest BCUT2D eigenvalue weighted by Gasteiger charge is -2.33. The van der Waals surface area contributed by atoms with Crippen LogP contribution in [0.15, 0.2) is 12.4 Å². The van der Waals surface area contributed by atoms with Gasteiger partial charge in [0.2, 0.25) is 5.95 Å². The summed E-state index contributed by atoms with van der Waals surface area (Å²) in [6.45, 7) is 8.51. The summed E-state index contributed by atoms with van der Waals surface area (Å²) in [5, 5.41) is 12.1. The molecule has 1 aliphatic carbocycles. The summed E-state index contributed by atoms with van der Waals surface area (Å²) in [4.78, 5) is 34.8. The van der Waals surface area contributed by atoms with Gasteiger partial charge in [-0.05, 0) is 71.8 Å². The SMILES string of the molecule is CC(C)(C)OC[C@H](NCC1CCN(c2ncc(C(=O)NO)cn2)CC1)C(=O)OC1CCCC1. The summed E-state index contributed by atoms with van der Waals surface area (Å²) in [5.74, 6) is 0.122. The minimum absolute atomic E-state index is 0.0366. The highest BCUT2D eigenvalue weighted by atomic mass is 16.6. The molecule has 0 unspecified atom stereocenters. The fourth-order valence-electron chi connectivity index (χ4n) is 4.11. The van der Waals surface area contributed by atoms with Crippen molar-refractivity contribution in [2.45, 2.75) is 77.0 Å². The monoisotopic (exact) mass is 463 g/mol. The maximum atomic E-state index is 12.8. The van der Waals surface area contributed by atoms with Gasteiger partial charge in [-0.15, -0.1) is 0 Å². The van der Waals surface area contributed by atoms with Crippen molar-refractivity contribution < 1.29 is 24.3 Å². The lowest BCUT2D eigenvalue weighted by Crippen LogP contribution is -2.47. The molecule has 1 amide bonds. The van der Waals surface area contributed by atoms with Crippen LogP contribution in [0.4, 0.5) is 5.95 Å². The number of hydrogen-bond donors (Lipinski definition) is 3. The first-order chi connectivity index (χ1) is 15.7. The highest BCUT2D eigenvalue weighted by molar-refractivity contribution is 5.92. The van der Waals surface area contributed by atoms with Crippen molar-refractivity contribution in [2.75, 3.05) is 31.1 Å². The molecule has 2 heterocycles. The topological polar surface area (TPSA) is 126 Å². The van der Waals surface area contributed by atoms with Crippen molar-refractivity contribution in [3.8, 4) is 0 Å². The normalized spacial score (nSPS) is 18.8. The smallest absolute Gasteiger partial charge is 0.325 e. The van der Waals surface area contributed by atoms with Gasteiger partial charge in [0.1, 0.15) is 12.1 Å². The molecule has 3 rings (SSSR count). The van der Waals surface area contributed by atoms with Gasteiger partial charge in [0.15, 0.2) is 0 Å². The zero-order valence-electron chi connectivity index (χ0n) is 19.9. The van der Waals surface area contributed by atoms with Gasteiger partial charge in [-0.1, -0.05) is 0 Å². The summed E-state index contributed by atoms with van der Waals surface area (Å²) in [6, 6.07) is -0.476. The first-order valence-electron chi connectivity index (χ1n) is 11.8. The molecule has 1 aromatic rings. The molecular formula is C23H37N5O5. The number of rotatable bonds is 9. The van der Waals surface area contributed by atoms with E-state index in [1.807, 2.05) is 20.8 Å². The van der Waals surface area contributed by atoms with E-state index in [2.05, 4.69) is 20.2 Å². The quantitative estimate of drug-likeness (QED) is 0.287. The molecule has 1 aromatic heterocycles. The van der Waals surface area contributed by atoms with E-state index >= 15 is 0 Å². The van der Waals surface area contributed by atoms with Crippen LogP contribution in [0.2, 0.25) is 0 Å². The molecule has 1 atom stereocenters. The molecule has 0 aromatic carbocycles. The standard InChI is InChI=1S/C23H37N5O5/c1-23(2,3)32-15-19(21(30)33-18-6-4-5-7-18)24-12-16-8-10-28(11-9-16)22-25-13-17(14-26-22)20(29)27-31/h13-14,16,18-19,24,31H,4-12,15H2,1-3H3,(H,27,29)/t19-/m0/s1. The molecule has 2 aliphatic rings. The van der Waals surface area contributed by atoms with E-state index < -0.39 is 11.9 Å². The zero-order valence-corrected chi connectivity index (χ0v) is 19.9. The van der Waals surface area contributed by atoms with Gasteiger partial charge in [0.25, 0.3) is 5.91 Å². The first-order valence-corrected chi connectivity index (χ1v) is 11.8. The zero-order chi connectivity index (χ0) is 23.8. The van der Waals surface area contributed by atoms with Crippen molar-refractivity contribution in [3.63, 3.8) is 0 Å². The van der Waals surface area contributed by atoms with Crippen LogP contribution in [-0.4, -0.2) is 71.0 Å². The number of hydroxylamine groups is 1. The average Bonchev–Trinajstić information content (AvgIpc) is 3.31. The number of nitrogens with zero attached hydrogens (tertiary/aromatic N) is 3. The van der Waals surface area contributed by atoms with E-state index in [-0.39, 0.29) is 29.8 Å². The minimum Gasteiger partial charge on any atom is -0.461 e. The van der Waals surface area contributed by atoms with Gasteiger partial charge < -0.3 is 19.7 Å². The molecule has 0 radical (unpaired) electrons. The molecule has 1 saturated heterocycles. The fourth-order valence-corrected chi connectivity index (χ4v) is 4.11. The Morgan fingerprint density at radius 3 is 2.36 bits per heavy atom. The van der Waals surface area contributed by atoms with Crippen LogP contribution in [-0.2, 0) is 14.3 Å². The van der Waals surface area contributed by atoms with Crippen molar-refractivity contribution in [1.29, 1.82) is 0 Å². The van der Waals surface area contributed by atoms with Crippen LogP contribution in [0.3, 0.4) is 0 Å². The molecule has 33 heavy (non-hydrogen) atoms. The molecular weight excluding hydrogens is 426 g/mol. The van der Waals surface area contributed by atoms with Crippen molar-refractivity contribution in [2.24, 2.45) is 5.92 Å². The fraction of sp³-hybridized carbons (Fsp3) is 0.739. The molecule has 10 nitrogen and oxygen atoms in total. The summed E-state index contributed by atoms with van der Waals surface area (Å²) in [6.07, 6.45) is 8.83. The summed E-state index contributed by atoms with van der Waals surface area (Å²) in [7, 11) is 0. The Labute approximate surface area is 195 Å². The molecule has 10 heteroatoms. The van der Waals surface area contributed by atoms with E-state index in [1.54, 1.807) is 5.48 Å². The predicted octanol–water partition coefficient (Wildman–Crippen LogP) is 2.07. The third-order valence-corrected chi connectivity index (χ3v) is 6.10. The Morgan fingerprint density at radius 1 is 1.15 bits per heavy atom. The molecule has 1 aliphatic heterocycles. The van der Waals surface area contributed by atoms with E-state index in [0.29, 0.717) is 18.4 Å². The predicted molar refractivity (Wildman–Crippen MR) is 122 cm³/mol. The molecule has 1 saturated carbocycles. The Bertz CT molecular complexity index is 768. The highest BCUT2D eigenvalue weighted by Gasteiger charge is 2.29. The second kappa shape index (κ2) is 11.7. The molecule has 0 bridgehead atoms. The van der Waals surface area contributed by atoms with Gasteiger partial charge in [0, 0.05) is 25.5 Å². The average molecular weight is 464 g/mol. The highest BCUT2D eigenvalue weighted by Crippen LogP contribution is 2.23. The van der Waals surface area contributed by atoms with Gasteiger partial charge in [-0.3, -0.25) is 14.8 Å². The lowest BCUT2D eigenvalue weighted by atomic mass is 9.96. The summed E-state index contributed by atoms with van der Waals surface area (Å²) in [5.41, 5.74) is 1.45. The Kier molecular flexibility index (Phi) is 8.99. The maximum absolute atomic E-state index is 12.8. The van der Waals surface area contributed by atoms with E-state index in [0.717, 1.165) is 51.6 Å². The van der Waals surface area contributed by atoms with E-state index in [1.165, 1.54) is 12.4 Å². The van der Waals surface area contributed by atoms with Gasteiger partial charge >= 0.3 is 5.97 Å². The number of amides is 1. The van der Waals surface area contributed by atoms with Crippen LogP contribution in [0.25, 0.3) is 0 Å². The second-order valence-electron chi connectivity index (χ2n) is 9.87. The molecule has 2 fully saturated rings. The lowest BCUT2D eigenvalue weighted by molar-refractivity contribution is -0.154. The minimum atomic E-state index is -0.636. The van der Waals surface area contributed by atoms with Crippen molar-refractivity contribution >= 4 is 17.8 Å². The van der Waals surface area contributed by atoms with Gasteiger partial charge in [-0.25, -0.2) is 15.4 Å². The first kappa shape index (κ1) is 25.3. The Hall–Kier alpha value is -2.30. The number of ether oxygens (including phenoxy) is 2. The van der Waals surface area contributed by atoms with Crippen LogP contribution >= 0.6 is 0 Å². The molecule has 184 valence electrons. The maximum Gasteiger partial charge on any atom is 0.325 e. The van der Waals surface area contributed by atoms with Crippen LogP contribution in [0.1, 0.15) is 69.7 Å².